The number of halogens is 1. The number of pyridine rings is 1. The van der Waals surface area contributed by atoms with Crippen molar-refractivity contribution in [3.8, 4) is 11.8 Å². The fourth-order valence-corrected chi connectivity index (χ4v) is 12.1. The van der Waals surface area contributed by atoms with Crippen LogP contribution in [-0.2, 0) is 11.3 Å². The third kappa shape index (κ3) is 6.74. The number of ketones is 1. The highest BCUT2D eigenvalue weighted by Crippen LogP contribution is 2.69. The molecule has 3 aromatic rings. The number of hydrogen-bond acceptors (Lipinski definition) is 7. The summed E-state index contributed by atoms with van der Waals surface area (Å²) in [6, 6.07) is 13.4. The highest BCUT2D eigenvalue weighted by atomic mass is 35.5. The lowest BCUT2D eigenvalue weighted by atomic mass is 9.42. The highest BCUT2D eigenvalue weighted by Gasteiger charge is 2.66. The lowest BCUT2D eigenvalue weighted by Crippen LogP contribution is -2.63. The number of anilines is 1. The summed E-state index contributed by atoms with van der Waals surface area (Å²) in [5.74, 6) is 6.47. The molecule has 0 amide bonds. The smallest absolute Gasteiger partial charge is 0.303 e. The van der Waals surface area contributed by atoms with Crippen molar-refractivity contribution in [1.29, 1.82) is 0 Å². The van der Waals surface area contributed by atoms with Crippen LogP contribution in [0.4, 0.5) is 5.69 Å². The minimum absolute atomic E-state index is 0.0591. The predicted octanol–water partition coefficient (Wildman–Crippen LogP) is 8.20. The largest absolute Gasteiger partial charge is 0.481 e. The molecule has 4 fully saturated rings. The third-order valence-electron chi connectivity index (χ3n) is 14.8. The number of carbonyl (C=O) groups excluding carboxylic acids is 1. The lowest BCUT2D eigenvalue weighted by Gasteiger charge is -2.64. The second-order valence-corrected chi connectivity index (χ2v) is 18.1. The number of carboxylic acids is 1. The van der Waals surface area contributed by atoms with Crippen molar-refractivity contribution in [1.82, 2.24) is 4.98 Å². The summed E-state index contributed by atoms with van der Waals surface area (Å²) in [4.78, 5) is 28.6. The monoisotopic (exact) mass is 754 g/mol. The summed E-state index contributed by atoms with van der Waals surface area (Å²) in [6.07, 6.45) is 4.59. The topological polar surface area (TPSA) is 140 Å². The number of aryl methyl sites for hydroxylation is 1. The molecule has 0 radical (unpaired) electrons. The van der Waals surface area contributed by atoms with Crippen molar-refractivity contribution in [2.45, 2.75) is 117 Å². The van der Waals surface area contributed by atoms with Gasteiger partial charge in [-0.15, -0.1) is 0 Å². The first kappa shape index (κ1) is 38.8. The zero-order valence-electron chi connectivity index (χ0n) is 32.2. The van der Waals surface area contributed by atoms with Gasteiger partial charge in [-0.25, -0.2) is 0 Å². The molecular weight excluding hydrogens is 700 g/mol. The van der Waals surface area contributed by atoms with Gasteiger partial charge in [-0.3, -0.25) is 14.6 Å². The number of carbonyl (C=O) groups is 2. The van der Waals surface area contributed by atoms with E-state index in [0.717, 1.165) is 41.4 Å². The molecular formula is C45H55ClN2O6. The Kier molecular flexibility index (Phi) is 10.4. The fraction of sp³-hybridized carbons (Fsp3) is 0.578. The van der Waals surface area contributed by atoms with Crippen LogP contribution in [0.5, 0.6) is 0 Å². The van der Waals surface area contributed by atoms with Crippen molar-refractivity contribution < 1.29 is 30.0 Å². The first-order valence-electron chi connectivity index (χ1n) is 19.8. The van der Waals surface area contributed by atoms with E-state index in [0.29, 0.717) is 60.5 Å². The van der Waals surface area contributed by atoms with Gasteiger partial charge in [0.15, 0.2) is 5.78 Å². The number of fused-ring (bicyclic) bond motifs is 6. The maximum atomic E-state index is 12.6. The van der Waals surface area contributed by atoms with Crippen molar-refractivity contribution >= 4 is 39.9 Å². The number of nitrogens with one attached hydrogen (secondary N) is 1. The number of hydrogen-bond donors (Lipinski definition) is 5. The molecule has 0 saturated heterocycles. The maximum Gasteiger partial charge on any atom is 0.303 e. The Bertz CT molecular complexity index is 2020. The first-order chi connectivity index (χ1) is 25.6. The van der Waals surface area contributed by atoms with Gasteiger partial charge in [0, 0.05) is 28.9 Å². The number of benzene rings is 2. The van der Waals surface area contributed by atoms with Gasteiger partial charge in [-0.2, -0.15) is 0 Å². The average molecular weight is 755 g/mol. The number of para-hydroxylation sites is 1. The van der Waals surface area contributed by atoms with Crippen molar-refractivity contribution in [3.63, 3.8) is 0 Å². The van der Waals surface area contributed by atoms with Crippen LogP contribution in [0, 0.1) is 65.1 Å². The van der Waals surface area contributed by atoms with Crippen LogP contribution < -0.4 is 5.32 Å². The summed E-state index contributed by atoms with van der Waals surface area (Å²) in [5, 5.41) is 49.8. The van der Waals surface area contributed by atoms with Gasteiger partial charge in [-0.1, -0.05) is 68.5 Å². The quantitative estimate of drug-likeness (QED) is 0.115. The molecule has 9 heteroatoms. The van der Waals surface area contributed by atoms with E-state index in [9.17, 15) is 30.0 Å². The third-order valence-corrected chi connectivity index (χ3v) is 15.1. The Morgan fingerprint density at radius 2 is 1.83 bits per heavy atom. The molecule has 288 valence electrons. The van der Waals surface area contributed by atoms with Crippen molar-refractivity contribution in [2.24, 2.45) is 46.3 Å². The van der Waals surface area contributed by atoms with Gasteiger partial charge in [-0.05, 0) is 135 Å². The van der Waals surface area contributed by atoms with E-state index < -0.39 is 23.8 Å². The van der Waals surface area contributed by atoms with Crippen LogP contribution in [0.2, 0.25) is 5.02 Å². The van der Waals surface area contributed by atoms with Gasteiger partial charge in [0.05, 0.1) is 34.7 Å². The summed E-state index contributed by atoms with van der Waals surface area (Å²) in [6.45, 7) is 10.4. The zero-order valence-corrected chi connectivity index (χ0v) is 32.9. The molecule has 11 atom stereocenters. The Hall–Kier alpha value is -3.48. The molecule has 7 rings (SSSR count). The van der Waals surface area contributed by atoms with E-state index in [1.54, 1.807) is 6.92 Å². The molecule has 4 saturated carbocycles. The molecule has 54 heavy (non-hydrogen) atoms. The number of nitrogens with zero attached hydrogens (tertiary/aromatic N) is 1. The molecule has 5 N–H and O–H groups in total. The van der Waals surface area contributed by atoms with E-state index >= 15 is 0 Å². The summed E-state index contributed by atoms with van der Waals surface area (Å²) >= 11 is 6.79. The second-order valence-electron chi connectivity index (χ2n) is 17.7. The number of aromatic nitrogens is 1. The van der Waals surface area contributed by atoms with Crippen molar-refractivity contribution in [2.75, 3.05) is 5.32 Å². The van der Waals surface area contributed by atoms with Crippen LogP contribution >= 0.6 is 11.6 Å². The second kappa shape index (κ2) is 14.5. The minimum atomic E-state index is -1.20. The van der Waals surface area contributed by atoms with Crippen molar-refractivity contribution in [3.05, 3.63) is 69.9 Å². The van der Waals surface area contributed by atoms with Crippen LogP contribution in [0.3, 0.4) is 0 Å². The first-order valence-corrected chi connectivity index (χ1v) is 20.2. The maximum absolute atomic E-state index is 12.6. The molecule has 4 aliphatic carbocycles. The molecule has 0 spiro atoms. The summed E-state index contributed by atoms with van der Waals surface area (Å²) in [7, 11) is 0. The number of Topliss-reactive ketones (excluding diaryl/α,β-unsaturated/α-hetero) is 1. The Morgan fingerprint density at radius 1 is 1.07 bits per heavy atom. The molecule has 2 aromatic carbocycles. The Labute approximate surface area is 324 Å². The minimum Gasteiger partial charge on any atom is -0.481 e. The van der Waals surface area contributed by atoms with Crippen LogP contribution in [0.15, 0.2) is 42.5 Å². The molecule has 8 nitrogen and oxygen atoms in total. The standard InChI is InChI=1S/C45H55ClN2O6/c1-25(10-15-39(52)53)32-13-14-33-41-34(22-38(51)44(32,33)5)43(4)18-19-45(54,23-30(43)21-37(41)50)17-16-28-11-12-29(35(46)20-28)24-47-42-31-8-6-7-9-36(31)48-26(2)40(42)27(3)49/h6-9,11-12,20,25,30,32-34,37-38,41,50-51,54H,10,13-15,18-19,21-24H2,1-5H3,(H,47,48)(H,52,53)/t25?,30?,32-,33?,34?,37?,38?,41?,43?,44?,45?/m1/s1. The molecule has 1 heterocycles. The van der Waals surface area contributed by atoms with Gasteiger partial charge in [0.25, 0.3) is 0 Å². The van der Waals surface area contributed by atoms with Gasteiger partial charge >= 0.3 is 5.97 Å². The molecule has 0 bridgehead atoms. The normalized spacial score (nSPS) is 34.9. The van der Waals surface area contributed by atoms with Gasteiger partial charge in [0.1, 0.15) is 5.60 Å². The van der Waals surface area contributed by atoms with E-state index in [-0.39, 0.29) is 58.5 Å². The van der Waals surface area contributed by atoms with Crippen LogP contribution in [0.1, 0.15) is 113 Å². The summed E-state index contributed by atoms with van der Waals surface area (Å²) < 4.78 is 0. The highest BCUT2D eigenvalue weighted by molar-refractivity contribution is 6.31. The SMILES string of the molecule is CC(=O)c1c(C)nc2ccccc2c1NCc1ccc(C#CC2(O)CCC3(C)C(CC(O)C4C3CC(O)C3(C)C4CC[C@@H]3C(C)CCC(=O)O)C2)cc1Cl. The van der Waals surface area contributed by atoms with Gasteiger partial charge < -0.3 is 25.7 Å². The van der Waals surface area contributed by atoms with E-state index in [1.165, 1.54) is 0 Å². The fourth-order valence-electron chi connectivity index (χ4n) is 11.9. The summed E-state index contributed by atoms with van der Waals surface area (Å²) in [5.41, 5.74) is 2.66. The Morgan fingerprint density at radius 3 is 2.56 bits per heavy atom. The van der Waals surface area contributed by atoms with E-state index in [1.807, 2.05) is 49.4 Å². The lowest BCUT2D eigenvalue weighted by molar-refractivity contribution is -0.211. The van der Waals surface area contributed by atoms with Crippen LogP contribution in [-0.4, -0.2) is 55.0 Å². The number of aliphatic hydroxyl groups excluding tert-OH is 2. The molecule has 0 aliphatic heterocycles. The molecule has 4 aliphatic rings. The number of aliphatic hydroxyl groups is 3. The molecule has 10 unspecified atom stereocenters. The molecule has 1 aromatic heterocycles. The van der Waals surface area contributed by atoms with Gasteiger partial charge in [0.2, 0.25) is 0 Å². The number of aliphatic carboxylic acids is 1. The predicted molar refractivity (Wildman–Crippen MR) is 211 cm³/mol. The van der Waals surface area contributed by atoms with E-state index in [2.05, 4.69) is 42.9 Å². The number of rotatable bonds is 8. The van der Waals surface area contributed by atoms with E-state index in [4.69, 9.17) is 11.6 Å². The van der Waals surface area contributed by atoms with Crippen LogP contribution in [0.25, 0.3) is 10.9 Å². The zero-order chi connectivity index (χ0) is 38.7. The Balaban J connectivity index is 1.05. The average Bonchev–Trinajstić information content (AvgIpc) is 3.48. The number of carboxylic acid groups (broad SMARTS) is 1.